The van der Waals surface area contributed by atoms with Gasteiger partial charge >= 0.3 is 0 Å². The second-order valence-electron chi connectivity index (χ2n) is 7.20. The molecule has 1 N–H and O–H groups in total. The summed E-state index contributed by atoms with van der Waals surface area (Å²) in [4.78, 5) is 14.7. The van der Waals surface area contributed by atoms with Gasteiger partial charge in [0.1, 0.15) is 5.82 Å². The summed E-state index contributed by atoms with van der Waals surface area (Å²) in [5.74, 6) is 0.507. The SMILES string of the molecule is C[C@@H]1CCCC[C@@H]1NC(=O)CN(Cc1ccc(F)cc1)C1CC1. The lowest BCUT2D eigenvalue weighted by molar-refractivity contribution is -0.123. The zero-order chi connectivity index (χ0) is 16.2. The standard InChI is InChI=1S/C19H27FN2O/c1-14-4-2-3-5-18(14)21-19(23)13-22(17-10-11-17)12-15-6-8-16(20)9-7-15/h6-9,14,17-18H,2-5,10-13H2,1H3,(H,21,23)/t14-,18+/m1/s1. The highest BCUT2D eigenvalue weighted by atomic mass is 19.1. The van der Waals surface area contributed by atoms with E-state index in [0.717, 1.165) is 31.4 Å². The maximum Gasteiger partial charge on any atom is 0.234 e. The van der Waals surface area contributed by atoms with Crippen LogP contribution in [0.1, 0.15) is 51.0 Å². The summed E-state index contributed by atoms with van der Waals surface area (Å²) in [5.41, 5.74) is 1.07. The third-order valence-corrected chi connectivity index (χ3v) is 5.17. The third kappa shape index (κ3) is 4.77. The molecular formula is C19H27FN2O. The molecule has 126 valence electrons. The van der Waals surface area contributed by atoms with Crippen molar-refractivity contribution in [3.63, 3.8) is 0 Å². The van der Waals surface area contributed by atoms with Gasteiger partial charge in [-0.05, 0) is 49.3 Å². The highest BCUT2D eigenvalue weighted by Crippen LogP contribution is 2.28. The Kier molecular flexibility index (Phi) is 5.31. The molecule has 1 aromatic rings. The average molecular weight is 318 g/mol. The first-order valence-electron chi connectivity index (χ1n) is 8.89. The normalized spacial score (nSPS) is 24.7. The zero-order valence-electron chi connectivity index (χ0n) is 13.9. The average Bonchev–Trinajstić information content (AvgIpc) is 3.36. The van der Waals surface area contributed by atoms with E-state index >= 15 is 0 Å². The second-order valence-corrected chi connectivity index (χ2v) is 7.20. The molecule has 23 heavy (non-hydrogen) atoms. The highest BCUT2D eigenvalue weighted by molar-refractivity contribution is 5.78. The van der Waals surface area contributed by atoms with Crippen molar-refractivity contribution >= 4 is 5.91 Å². The van der Waals surface area contributed by atoms with Gasteiger partial charge in [-0.15, -0.1) is 0 Å². The Morgan fingerprint density at radius 3 is 2.52 bits per heavy atom. The summed E-state index contributed by atoms with van der Waals surface area (Å²) in [7, 11) is 0. The summed E-state index contributed by atoms with van der Waals surface area (Å²) < 4.78 is 13.0. The van der Waals surface area contributed by atoms with Crippen molar-refractivity contribution in [1.82, 2.24) is 10.2 Å². The number of carbonyl (C=O) groups excluding carboxylic acids is 1. The molecule has 0 bridgehead atoms. The van der Waals surface area contributed by atoms with E-state index in [1.807, 2.05) is 12.1 Å². The molecule has 0 unspecified atom stereocenters. The van der Waals surface area contributed by atoms with Crippen LogP contribution in [0.25, 0.3) is 0 Å². The van der Waals surface area contributed by atoms with Gasteiger partial charge in [0, 0.05) is 18.6 Å². The predicted molar refractivity (Wildman–Crippen MR) is 89.4 cm³/mol. The molecule has 0 heterocycles. The molecule has 1 aromatic carbocycles. The molecule has 2 saturated carbocycles. The summed E-state index contributed by atoms with van der Waals surface area (Å²) >= 11 is 0. The molecule has 1 amide bonds. The van der Waals surface area contributed by atoms with Crippen LogP contribution >= 0.6 is 0 Å². The van der Waals surface area contributed by atoms with Crippen LogP contribution in [0.3, 0.4) is 0 Å². The Hall–Kier alpha value is -1.42. The first-order chi connectivity index (χ1) is 11.1. The maximum atomic E-state index is 13.0. The largest absolute Gasteiger partial charge is 0.352 e. The number of amides is 1. The Morgan fingerprint density at radius 2 is 1.87 bits per heavy atom. The van der Waals surface area contributed by atoms with Crippen LogP contribution < -0.4 is 5.32 Å². The van der Waals surface area contributed by atoms with Gasteiger partial charge in [-0.3, -0.25) is 9.69 Å². The van der Waals surface area contributed by atoms with Crippen molar-refractivity contribution in [2.75, 3.05) is 6.54 Å². The fourth-order valence-electron chi connectivity index (χ4n) is 3.55. The third-order valence-electron chi connectivity index (χ3n) is 5.17. The fourth-order valence-corrected chi connectivity index (χ4v) is 3.55. The topological polar surface area (TPSA) is 32.3 Å². The minimum atomic E-state index is -0.212. The Balaban J connectivity index is 1.54. The minimum Gasteiger partial charge on any atom is -0.352 e. The van der Waals surface area contributed by atoms with Crippen LogP contribution in [0.5, 0.6) is 0 Å². The number of nitrogens with one attached hydrogen (secondary N) is 1. The Morgan fingerprint density at radius 1 is 1.17 bits per heavy atom. The molecule has 0 radical (unpaired) electrons. The number of nitrogens with zero attached hydrogens (tertiary/aromatic N) is 1. The van der Waals surface area contributed by atoms with Gasteiger partial charge in [-0.25, -0.2) is 4.39 Å². The van der Waals surface area contributed by atoms with Crippen LogP contribution in [0.2, 0.25) is 0 Å². The van der Waals surface area contributed by atoms with Gasteiger partial charge in [0.2, 0.25) is 5.91 Å². The summed E-state index contributed by atoms with van der Waals surface area (Å²) in [6.45, 7) is 3.41. The molecule has 0 aliphatic heterocycles. The van der Waals surface area contributed by atoms with Crippen LogP contribution in [-0.4, -0.2) is 29.4 Å². The molecule has 2 aliphatic rings. The van der Waals surface area contributed by atoms with E-state index in [1.165, 1.54) is 31.4 Å². The first-order valence-corrected chi connectivity index (χ1v) is 8.89. The molecule has 3 rings (SSSR count). The number of carbonyl (C=O) groups is 1. The number of hydrogen-bond donors (Lipinski definition) is 1. The predicted octanol–water partition coefficient (Wildman–Crippen LogP) is 3.49. The minimum absolute atomic E-state index is 0.137. The van der Waals surface area contributed by atoms with E-state index in [2.05, 4.69) is 17.1 Å². The molecule has 0 spiro atoms. The van der Waals surface area contributed by atoms with Gasteiger partial charge in [0.25, 0.3) is 0 Å². The highest BCUT2D eigenvalue weighted by Gasteiger charge is 2.31. The van der Waals surface area contributed by atoms with Gasteiger partial charge in [-0.2, -0.15) is 0 Å². The van der Waals surface area contributed by atoms with Crippen molar-refractivity contribution in [3.05, 3.63) is 35.6 Å². The smallest absolute Gasteiger partial charge is 0.234 e. The lowest BCUT2D eigenvalue weighted by atomic mass is 9.86. The summed E-state index contributed by atoms with van der Waals surface area (Å²) in [6, 6.07) is 7.45. The van der Waals surface area contributed by atoms with Crippen molar-refractivity contribution in [2.24, 2.45) is 5.92 Å². The second kappa shape index (κ2) is 7.43. The Bertz CT molecular complexity index is 527. The Labute approximate surface area is 138 Å². The van der Waals surface area contributed by atoms with Gasteiger partial charge < -0.3 is 5.32 Å². The van der Waals surface area contributed by atoms with Crippen LogP contribution in [0.15, 0.2) is 24.3 Å². The van der Waals surface area contributed by atoms with Gasteiger partial charge in [-0.1, -0.05) is 31.9 Å². The van der Waals surface area contributed by atoms with Crippen LogP contribution in [0, 0.1) is 11.7 Å². The van der Waals surface area contributed by atoms with Gasteiger partial charge in [0.15, 0.2) is 0 Å². The molecule has 0 aromatic heterocycles. The molecule has 2 fully saturated rings. The van der Waals surface area contributed by atoms with Crippen molar-refractivity contribution in [1.29, 1.82) is 0 Å². The molecule has 0 saturated heterocycles. The van der Waals surface area contributed by atoms with E-state index in [4.69, 9.17) is 0 Å². The molecule has 4 heteroatoms. The number of rotatable bonds is 6. The number of halogens is 1. The summed E-state index contributed by atoms with van der Waals surface area (Å²) in [5, 5.41) is 3.24. The molecule has 2 aliphatic carbocycles. The number of benzene rings is 1. The van der Waals surface area contributed by atoms with E-state index in [9.17, 15) is 9.18 Å². The van der Waals surface area contributed by atoms with Gasteiger partial charge in [0.05, 0.1) is 6.54 Å². The number of hydrogen-bond acceptors (Lipinski definition) is 2. The summed E-state index contributed by atoms with van der Waals surface area (Å²) in [6.07, 6.45) is 7.15. The quantitative estimate of drug-likeness (QED) is 0.871. The first kappa shape index (κ1) is 16.4. The van der Waals surface area contributed by atoms with E-state index in [-0.39, 0.29) is 11.7 Å². The zero-order valence-corrected chi connectivity index (χ0v) is 13.9. The lowest BCUT2D eigenvalue weighted by Gasteiger charge is -2.30. The van der Waals surface area contributed by atoms with E-state index < -0.39 is 0 Å². The monoisotopic (exact) mass is 318 g/mol. The van der Waals surface area contributed by atoms with Crippen molar-refractivity contribution in [2.45, 2.75) is 64.1 Å². The maximum absolute atomic E-state index is 13.0. The lowest BCUT2D eigenvalue weighted by Crippen LogP contribution is -2.46. The fraction of sp³-hybridized carbons (Fsp3) is 0.632. The molecule has 3 nitrogen and oxygen atoms in total. The van der Waals surface area contributed by atoms with Crippen molar-refractivity contribution in [3.8, 4) is 0 Å². The van der Waals surface area contributed by atoms with Crippen LogP contribution in [0.4, 0.5) is 4.39 Å². The molecule has 2 atom stereocenters. The van der Waals surface area contributed by atoms with Crippen LogP contribution in [-0.2, 0) is 11.3 Å². The van der Waals surface area contributed by atoms with E-state index in [1.54, 1.807) is 0 Å². The molecular weight excluding hydrogens is 291 g/mol. The van der Waals surface area contributed by atoms with E-state index in [0.29, 0.717) is 24.5 Å². The van der Waals surface area contributed by atoms with Crippen molar-refractivity contribution < 1.29 is 9.18 Å².